The Labute approximate surface area is 104 Å². The van der Waals surface area contributed by atoms with Crippen LogP contribution in [0.15, 0.2) is 12.1 Å². The molecule has 5 heteroatoms. The lowest BCUT2D eigenvalue weighted by atomic mass is 10.1. The molecule has 1 aromatic carbocycles. The van der Waals surface area contributed by atoms with E-state index < -0.39 is 0 Å². The average molecular weight is 290 g/mol. The number of methoxy groups -OCH3 is 3. The predicted octanol–water partition coefficient (Wildman–Crippen LogP) is 2.33. The zero-order valence-corrected chi connectivity index (χ0v) is 11.4. The molecule has 1 atom stereocenters. The minimum absolute atomic E-state index is 0.0386. The summed E-state index contributed by atoms with van der Waals surface area (Å²) < 4.78 is 15.8. The van der Waals surface area contributed by atoms with E-state index in [2.05, 4.69) is 21.2 Å². The van der Waals surface area contributed by atoms with Gasteiger partial charge < -0.3 is 19.5 Å². The Hall–Kier alpha value is -0.940. The van der Waals surface area contributed by atoms with Gasteiger partial charge in [-0.25, -0.2) is 0 Å². The van der Waals surface area contributed by atoms with Crippen LogP contribution in [-0.2, 0) is 0 Å². The molecule has 0 aliphatic heterocycles. The van der Waals surface area contributed by atoms with Crippen molar-refractivity contribution in [2.75, 3.05) is 28.4 Å². The molecule has 0 radical (unpaired) electrons. The molecule has 1 unspecified atom stereocenters. The lowest BCUT2D eigenvalue weighted by molar-refractivity contribution is 0.367. The standard InChI is InChI=1S/C11H16BrNO3/c1-13-11(12)10-8(15-3)5-7(14-2)6-9(10)16-4/h5-6,11,13H,1-4H3. The molecule has 1 N–H and O–H groups in total. The smallest absolute Gasteiger partial charge is 0.131 e. The summed E-state index contributed by atoms with van der Waals surface area (Å²) in [6, 6.07) is 3.65. The second kappa shape index (κ2) is 5.96. The van der Waals surface area contributed by atoms with Crippen LogP contribution in [-0.4, -0.2) is 28.4 Å². The quantitative estimate of drug-likeness (QED) is 0.667. The van der Waals surface area contributed by atoms with Gasteiger partial charge in [-0.2, -0.15) is 0 Å². The molecule has 4 nitrogen and oxygen atoms in total. The Kier molecular flexibility index (Phi) is 4.89. The highest BCUT2D eigenvalue weighted by Gasteiger charge is 2.18. The number of halogens is 1. The molecule has 0 bridgehead atoms. The van der Waals surface area contributed by atoms with Crippen LogP contribution in [0, 0.1) is 0 Å². The van der Waals surface area contributed by atoms with E-state index in [0.29, 0.717) is 17.2 Å². The van der Waals surface area contributed by atoms with Crippen molar-refractivity contribution in [3.8, 4) is 17.2 Å². The van der Waals surface area contributed by atoms with Crippen LogP contribution < -0.4 is 19.5 Å². The second-order valence-electron chi connectivity index (χ2n) is 3.10. The van der Waals surface area contributed by atoms with Crippen molar-refractivity contribution in [2.24, 2.45) is 0 Å². The molecule has 0 saturated heterocycles. The lowest BCUT2D eigenvalue weighted by Crippen LogP contribution is -2.12. The lowest BCUT2D eigenvalue weighted by Gasteiger charge is -2.18. The first-order valence-corrected chi connectivity index (χ1v) is 5.70. The summed E-state index contributed by atoms with van der Waals surface area (Å²) in [5.41, 5.74) is 0.910. The number of alkyl halides is 1. The summed E-state index contributed by atoms with van der Waals surface area (Å²) >= 11 is 3.50. The molecular formula is C11H16BrNO3. The first kappa shape index (κ1) is 13.1. The highest BCUT2D eigenvalue weighted by Crippen LogP contribution is 2.40. The van der Waals surface area contributed by atoms with Gasteiger partial charge in [-0.15, -0.1) is 0 Å². The minimum atomic E-state index is -0.0386. The Morgan fingerprint density at radius 1 is 1.06 bits per heavy atom. The average Bonchev–Trinajstić information content (AvgIpc) is 2.35. The van der Waals surface area contributed by atoms with Crippen molar-refractivity contribution in [3.05, 3.63) is 17.7 Å². The van der Waals surface area contributed by atoms with E-state index >= 15 is 0 Å². The largest absolute Gasteiger partial charge is 0.496 e. The van der Waals surface area contributed by atoms with Crippen LogP contribution in [0.5, 0.6) is 17.2 Å². The summed E-state index contributed by atoms with van der Waals surface area (Å²) in [5, 5.41) is 3.08. The molecule has 1 aromatic rings. The van der Waals surface area contributed by atoms with Gasteiger partial charge in [-0.1, -0.05) is 15.9 Å². The highest BCUT2D eigenvalue weighted by molar-refractivity contribution is 9.09. The van der Waals surface area contributed by atoms with Crippen LogP contribution in [0.4, 0.5) is 0 Å². The Bertz CT molecular complexity index is 332. The van der Waals surface area contributed by atoms with Crippen LogP contribution >= 0.6 is 15.9 Å². The van der Waals surface area contributed by atoms with E-state index in [4.69, 9.17) is 14.2 Å². The van der Waals surface area contributed by atoms with Gasteiger partial charge in [0, 0.05) is 12.1 Å². The molecule has 0 fully saturated rings. The number of nitrogens with one attached hydrogen (secondary N) is 1. The van der Waals surface area contributed by atoms with E-state index in [1.54, 1.807) is 21.3 Å². The molecule has 0 spiro atoms. The van der Waals surface area contributed by atoms with E-state index in [1.165, 1.54) is 0 Å². The first-order chi connectivity index (χ1) is 7.67. The maximum absolute atomic E-state index is 5.32. The van der Waals surface area contributed by atoms with Gasteiger partial charge in [0.15, 0.2) is 0 Å². The number of hydrogen-bond acceptors (Lipinski definition) is 4. The molecule has 90 valence electrons. The van der Waals surface area contributed by atoms with Crippen molar-refractivity contribution in [1.82, 2.24) is 5.32 Å². The van der Waals surface area contributed by atoms with Gasteiger partial charge in [0.05, 0.1) is 31.8 Å². The number of ether oxygens (including phenoxy) is 3. The zero-order chi connectivity index (χ0) is 12.1. The number of rotatable bonds is 5. The van der Waals surface area contributed by atoms with Gasteiger partial charge in [-0.05, 0) is 7.05 Å². The number of hydrogen-bond donors (Lipinski definition) is 1. The Morgan fingerprint density at radius 3 is 1.88 bits per heavy atom. The monoisotopic (exact) mass is 289 g/mol. The van der Waals surface area contributed by atoms with Crippen molar-refractivity contribution in [3.63, 3.8) is 0 Å². The van der Waals surface area contributed by atoms with Gasteiger partial charge >= 0.3 is 0 Å². The van der Waals surface area contributed by atoms with Gasteiger partial charge in [0.25, 0.3) is 0 Å². The normalized spacial score (nSPS) is 12.1. The maximum atomic E-state index is 5.32. The molecule has 0 amide bonds. The molecular weight excluding hydrogens is 274 g/mol. The fourth-order valence-corrected chi connectivity index (χ4v) is 1.88. The summed E-state index contributed by atoms with van der Waals surface area (Å²) in [4.78, 5) is -0.0386. The summed E-state index contributed by atoms with van der Waals surface area (Å²) in [7, 11) is 6.69. The SMILES string of the molecule is CNC(Br)c1c(OC)cc(OC)cc1OC. The Balaban J connectivity index is 3.31. The van der Waals surface area contributed by atoms with Crippen LogP contribution in [0.25, 0.3) is 0 Å². The third-order valence-electron chi connectivity index (χ3n) is 2.26. The van der Waals surface area contributed by atoms with Crippen molar-refractivity contribution >= 4 is 15.9 Å². The predicted molar refractivity (Wildman–Crippen MR) is 66.8 cm³/mol. The summed E-state index contributed by atoms with van der Waals surface area (Å²) in [6.45, 7) is 0. The van der Waals surface area contributed by atoms with E-state index in [1.807, 2.05) is 19.2 Å². The topological polar surface area (TPSA) is 39.7 Å². The van der Waals surface area contributed by atoms with Crippen molar-refractivity contribution in [1.29, 1.82) is 0 Å². The third-order valence-corrected chi connectivity index (χ3v) is 3.18. The summed E-state index contributed by atoms with van der Waals surface area (Å²) in [6.07, 6.45) is 0. The zero-order valence-electron chi connectivity index (χ0n) is 9.83. The van der Waals surface area contributed by atoms with Crippen molar-refractivity contribution < 1.29 is 14.2 Å². The molecule has 0 saturated carbocycles. The van der Waals surface area contributed by atoms with Gasteiger partial charge in [0.2, 0.25) is 0 Å². The molecule has 16 heavy (non-hydrogen) atoms. The number of benzene rings is 1. The van der Waals surface area contributed by atoms with E-state index in [0.717, 1.165) is 5.56 Å². The third kappa shape index (κ3) is 2.59. The van der Waals surface area contributed by atoms with Gasteiger partial charge in [-0.3, -0.25) is 0 Å². The van der Waals surface area contributed by atoms with Gasteiger partial charge in [0.1, 0.15) is 17.2 Å². The summed E-state index contributed by atoms with van der Waals surface area (Å²) in [5.74, 6) is 2.13. The fraction of sp³-hybridized carbons (Fsp3) is 0.455. The second-order valence-corrected chi connectivity index (χ2v) is 4.01. The molecule has 1 rings (SSSR count). The molecule has 0 heterocycles. The highest BCUT2D eigenvalue weighted by atomic mass is 79.9. The molecule has 0 aliphatic carbocycles. The minimum Gasteiger partial charge on any atom is -0.496 e. The molecule has 0 aliphatic rings. The van der Waals surface area contributed by atoms with Crippen LogP contribution in [0.2, 0.25) is 0 Å². The molecule has 0 aromatic heterocycles. The fourth-order valence-electron chi connectivity index (χ4n) is 1.43. The maximum Gasteiger partial charge on any atom is 0.131 e. The van der Waals surface area contributed by atoms with Crippen LogP contribution in [0.1, 0.15) is 10.5 Å². The van der Waals surface area contributed by atoms with Crippen molar-refractivity contribution in [2.45, 2.75) is 4.95 Å². The van der Waals surface area contributed by atoms with E-state index in [-0.39, 0.29) is 4.95 Å². The van der Waals surface area contributed by atoms with E-state index in [9.17, 15) is 0 Å². The van der Waals surface area contributed by atoms with Crippen LogP contribution in [0.3, 0.4) is 0 Å². The first-order valence-electron chi connectivity index (χ1n) is 4.79. The Morgan fingerprint density at radius 2 is 1.56 bits per heavy atom.